The van der Waals surface area contributed by atoms with Crippen LogP contribution in [0.15, 0.2) is 42.7 Å². The number of amides is 1. The third-order valence-corrected chi connectivity index (χ3v) is 3.93. The number of carbonyl (C=O) groups excluding carboxylic acids is 1. The van der Waals surface area contributed by atoms with E-state index in [9.17, 15) is 19.1 Å². The van der Waals surface area contributed by atoms with E-state index in [0.29, 0.717) is 16.8 Å². The SMILES string of the molecule is Cn1cccc1C(=O)N[C@@H](Cc1c[nH]c2cc(F)ccc12)C(=O)O. The molecule has 1 aromatic carbocycles. The van der Waals surface area contributed by atoms with Crippen molar-refractivity contribution >= 4 is 22.8 Å². The molecule has 124 valence electrons. The molecular weight excluding hydrogens is 313 g/mol. The van der Waals surface area contributed by atoms with Crippen LogP contribution in [0.25, 0.3) is 10.9 Å². The van der Waals surface area contributed by atoms with Gasteiger partial charge in [-0.05, 0) is 35.9 Å². The summed E-state index contributed by atoms with van der Waals surface area (Å²) >= 11 is 0. The molecule has 0 fully saturated rings. The van der Waals surface area contributed by atoms with Gasteiger partial charge in [-0.25, -0.2) is 9.18 Å². The molecule has 1 amide bonds. The summed E-state index contributed by atoms with van der Waals surface area (Å²) in [6.45, 7) is 0. The number of carboxylic acids is 1. The number of nitrogens with zero attached hydrogens (tertiary/aromatic N) is 1. The van der Waals surface area contributed by atoms with Gasteiger partial charge in [-0.3, -0.25) is 4.79 Å². The molecule has 3 rings (SSSR count). The number of rotatable bonds is 5. The number of benzene rings is 1. The summed E-state index contributed by atoms with van der Waals surface area (Å²) in [4.78, 5) is 26.7. The molecule has 0 aliphatic heterocycles. The molecule has 6 nitrogen and oxygen atoms in total. The Kier molecular flexibility index (Phi) is 4.07. The van der Waals surface area contributed by atoms with Crippen molar-refractivity contribution in [2.45, 2.75) is 12.5 Å². The van der Waals surface area contributed by atoms with E-state index in [4.69, 9.17) is 0 Å². The normalized spacial score (nSPS) is 12.2. The number of carboxylic acid groups (broad SMARTS) is 1. The van der Waals surface area contributed by atoms with Crippen LogP contribution >= 0.6 is 0 Å². The summed E-state index contributed by atoms with van der Waals surface area (Å²) in [5.41, 5.74) is 1.66. The maximum absolute atomic E-state index is 13.2. The summed E-state index contributed by atoms with van der Waals surface area (Å²) < 4.78 is 14.8. The topological polar surface area (TPSA) is 87.1 Å². The van der Waals surface area contributed by atoms with E-state index in [1.165, 1.54) is 12.1 Å². The molecule has 3 aromatic rings. The number of aliphatic carboxylic acids is 1. The molecule has 7 heteroatoms. The number of aryl methyl sites for hydroxylation is 1. The van der Waals surface area contributed by atoms with E-state index >= 15 is 0 Å². The quantitative estimate of drug-likeness (QED) is 0.670. The predicted octanol–water partition coefficient (Wildman–Crippen LogP) is 2.07. The third-order valence-electron chi connectivity index (χ3n) is 3.93. The summed E-state index contributed by atoms with van der Waals surface area (Å²) in [5.74, 6) is -1.96. The first-order chi connectivity index (χ1) is 11.5. The lowest BCUT2D eigenvalue weighted by molar-refractivity contribution is -0.139. The molecule has 0 saturated heterocycles. The Bertz CT molecular complexity index is 913. The van der Waals surface area contributed by atoms with Crippen LogP contribution in [0.1, 0.15) is 16.1 Å². The minimum absolute atomic E-state index is 0.0944. The third kappa shape index (κ3) is 3.01. The highest BCUT2D eigenvalue weighted by molar-refractivity contribution is 5.95. The second kappa shape index (κ2) is 6.19. The first kappa shape index (κ1) is 15.8. The van der Waals surface area contributed by atoms with Gasteiger partial charge in [0.2, 0.25) is 0 Å². The maximum atomic E-state index is 13.2. The molecule has 0 aliphatic carbocycles. The second-order valence-electron chi connectivity index (χ2n) is 5.58. The zero-order valence-corrected chi connectivity index (χ0v) is 12.9. The van der Waals surface area contributed by atoms with Gasteiger partial charge in [-0.1, -0.05) is 0 Å². The Hall–Kier alpha value is -3.09. The average molecular weight is 329 g/mol. The first-order valence-electron chi connectivity index (χ1n) is 7.36. The van der Waals surface area contributed by atoms with E-state index in [1.807, 2.05) is 0 Å². The van der Waals surface area contributed by atoms with Gasteiger partial charge in [0.05, 0.1) is 0 Å². The van der Waals surface area contributed by atoms with Gasteiger partial charge in [0, 0.05) is 36.8 Å². The number of hydrogen-bond donors (Lipinski definition) is 3. The smallest absolute Gasteiger partial charge is 0.326 e. The van der Waals surface area contributed by atoms with E-state index < -0.39 is 17.9 Å². The fourth-order valence-electron chi connectivity index (χ4n) is 2.68. The van der Waals surface area contributed by atoms with Crippen LogP contribution in [0.5, 0.6) is 0 Å². The van der Waals surface area contributed by atoms with E-state index in [1.54, 1.807) is 42.2 Å². The molecule has 1 atom stereocenters. The van der Waals surface area contributed by atoms with Crippen LogP contribution in [-0.2, 0) is 18.3 Å². The monoisotopic (exact) mass is 329 g/mol. The van der Waals surface area contributed by atoms with Gasteiger partial charge in [-0.2, -0.15) is 0 Å². The molecule has 0 radical (unpaired) electrons. The molecule has 0 saturated carbocycles. The molecular formula is C17H16FN3O3. The van der Waals surface area contributed by atoms with Crippen molar-refractivity contribution in [2.75, 3.05) is 0 Å². The molecule has 0 aliphatic rings. The highest BCUT2D eigenvalue weighted by Crippen LogP contribution is 2.20. The molecule has 2 aromatic heterocycles. The van der Waals surface area contributed by atoms with Crippen LogP contribution in [0, 0.1) is 5.82 Å². The van der Waals surface area contributed by atoms with Gasteiger partial charge in [0.15, 0.2) is 0 Å². The van der Waals surface area contributed by atoms with Crippen LogP contribution < -0.4 is 5.32 Å². The fourth-order valence-corrected chi connectivity index (χ4v) is 2.68. The lowest BCUT2D eigenvalue weighted by atomic mass is 10.0. The Labute approximate surface area is 136 Å². The molecule has 2 heterocycles. The number of H-pyrrole nitrogens is 1. The van der Waals surface area contributed by atoms with E-state index in [2.05, 4.69) is 10.3 Å². The minimum atomic E-state index is -1.13. The highest BCUT2D eigenvalue weighted by atomic mass is 19.1. The van der Waals surface area contributed by atoms with Crippen molar-refractivity contribution in [3.63, 3.8) is 0 Å². The fraction of sp³-hybridized carbons (Fsp3) is 0.176. The molecule has 24 heavy (non-hydrogen) atoms. The van der Waals surface area contributed by atoms with Gasteiger partial charge in [0.25, 0.3) is 5.91 Å². The lowest BCUT2D eigenvalue weighted by Gasteiger charge is -2.14. The molecule has 0 unspecified atom stereocenters. The second-order valence-corrected chi connectivity index (χ2v) is 5.58. The summed E-state index contributed by atoms with van der Waals surface area (Å²) in [7, 11) is 1.71. The number of aromatic nitrogens is 2. The molecule has 0 spiro atoms. The van der Waals surface area contributed by atoms with E-state index in [-0.39, 0.29) is 12.2 Å². The van der Waals surface area contributed by atoms with Crippen LogP contribution in [-0.4, -0.2) is 32.6 Å². The maximum Gasteiger partial charge on any atom is 0.326 e. The number of hydrogen-bond acceptors (Lipinski definition) is 2. The van der Waals surface area contributed by atoms with Crippen LogP contribution in [0.2, 0.25) is 0 Å². The lowest BCUT2D eigenvalue weighted by Crippen LogP contribution is -2.42. The first-order valence-corrected chi connectivity index (χ1v) is 7.36. The Balaban J connectivity index is 1.82. The van der Waals surface area contributed by atoms with Crippen LogP contribution in [0.4, 0.5) is 4.39 Å². The minimum Gasteiger partial charge on any atom is -0.480 e. The van der Waals surface area contributed by atoms with Crippen molar-refractivity contribution in [3.05, 3.63) is 59.8 Å². The molecule has 3 N–H and O–H groups in total. The number of nitrogens with one attached hydrogen (secondary N) is 2. The zero-order chi connectivity index (χ0) is 17.3. The standard InChI is InChI=1S/C17H16FN3O3/c1-21-6-2-3-15(21)16(22)20-14(17(23)24)7-10-9-19-13-8-11(18)4-5-12(10)13/h2-6,8-9,14,19H,7H2,1H3,(H,20,22)(H,23,24)/t14-/m0/s1. The summed E-state index contributed by atoms with van der Waals surface area (Å²) in [5, 5.41) is 12.7. The van der Waals surface area contributed by atoms with Crippen molar-refractivity contribution in [3.8, 4) is 0 Å². The van der Waals surface area contributed by atoms with Gasteiger partial charge in [0.1, 0.15) is 17.6 Å². The van der Waals surface area contributed by atoms with Gasteiger partial charge in [-0.15, -0.1) is 0 Å². The zero-order valence-electron chi connectivity index (χ0n) is 12.9. The Morgan fingerprint density at radius 3 is 2.83 bits per heavy atom. The van der Waals surface area contributed by atoms with Crippen LogP contribution in [0.3, 0.4) is 0 Å². The van der Waals surface area contributed by atoms with Crippen molar-refractivity contribution in [1.29, 1.82) is 0 Å². The molecule has 0 bridgehead atoms. The summed E-state index contributed by atoms with van der Waals surface area (Å²) in [6, 6.07) is 6.49. The largest absolute Gasteiger partial charge is 0.480 e. The summed E-state index contributed by atoms with van der Waals surface area (Å²) in [6.07, 6.45) is 3.44. The highest BCUT2D eigenvalue weighted by Gasteiger charge is 2.23. The predicted molar refractivity (Wildman–Crippen MR) is 86.3 cm³/mol. The van der Waals surface area contributed by atoms with Crippen molar-refractivity contribution in [2.24, 2.45) is 7.05 Å². The Morgan fingerprint density at radius 1 is 1.38 bits per heavy atom. The number of halogens is 1. The number of carbonyl (C=O) groups is 2. The number of fused-ring (bicyclic) bond motifs is 1. The van der Waals surface area contributed by atoms with Crippen molar-refractivity contribution in [1.82, 2.24) is 14.9 Å². The van der Waals surface area contributed by atoms with Crippen molar-refractivity contribution < 1.29 is 19.1 Å². The van der Waals surface area contributed by atoms with Gasteiger partial charge >= 0.3 is 5.97 Å². The average Bonchev–Trinajstić information content (AvgIpc) is 3.12. The van der Waals surface area contributed by atoms with E-state index in [0.717, 1.165) is 5.39 Å². The number of aromatic amines is 1. The van der Waals surface area contributed by atoms with Gasteiger partial charge < -0.3 is 20.0 Å². The Morgan fingerprint density at radius 2 is 2.17 bits per heavy atom.